The zero-order chi connectivity index (χ0) is 21.5. The summed E-state index contributed by atoms with van der Waals surface area (Å²) >= 11 is 5.90. The molecule has 1 unspecified atom stereocenters. The van der Waals surface area contributed by atoms with Crippen molar-refractivity contribution in [2.24, 2.45) is 0 Å². The molecule has 0 bridgehead atoms. The van der Waals surface area contributed by atoms with Crippen LogP contribution in [0.15, 0.2) is 59.1 Å². The van der Waals surface area contributed by atoms with E-state index in [4.69, 9.17) is 20.9 Å². The lowest BCUT2D eigenvalue weighted by Crippen LogP contribution is -2.47. The Morgan fingerprint density at radius 2 is 1.97 bits per heavy atom. The van der Waals surface area contributed by atoms with E-state index in [1.54, 1.807) is 12.1 Å². The summed E-state index contributed by atoms with van der Waals surface area (Å²) < 4.78 is 11.1. The van der Waals surface area contributed by atoms with Crippen molar-refractivity contribution in [3.05, 3.63) is 71.1 Å². The number of nitrogens with one attached hydrogen (secondary N) is 1. The molecule has 1 atom stereocenters. The molecular formula is C23H25ClN4O3. The van der Waals surface area contributed by atoms with Crippen LogP contribution in [0.25, 0.3) is 11.4 Å². The average Bonchev–Trinajstić information content (AvgIpc) is 3.27. The summed E-state index contributed by atoms with van der Waals surface area (Å²) in [5.41, 5.74) is 2.10. The smallest absolute Gasteiger partial charge is 0.227 e. The van der Waals surface area contributed by atoms with Gasteiger partial charge in [0.2, 0.25) is 17.6 Å². The third-order valence-electron chi connectivity index (χ3n) is 5.14. The van der Waals surface area contributed by atoms with Crippen LogP contribution in [0.2, 0.25) is 5.02 Å². The van der Waals surface area contributed by atoms with Crippen LogP contribution in [0.5, 0.6) is 0 Å². The van der Waals surface area contributed by atoms with Crippen LogP contribution >= 0.6 is 11.6 Å². The fourth-order valence-corrected chi connectivity index (χ4v) is 3.62. The third-order valence-corrected chi connectivity index (χ3v) is 5.39. The van der Waals surface area contributed by atoms with Crippen molar-refractivity contribution in [2.45, 2.75) is 25.5 Å². The largest absolute Gasteiger partial charge is 0.374 e. The van der Waals surface area contributed by atoms with Gasteiger partial charge in [0.05, 0.1) is 12.7 Å². The molecule has 0 aliphatic carbocycles. The fourth-order valence-electron chi connectivity index (χ4n) is 3.50. The van der Waals surface area contributed by atoms with Crippen molar-refractivity contribution in [3.8, 4) is 11.4 Å². The van der Waals surface area contributed by atoms with Crippen LogP contribution in [-0.4, -0.2) is 53.3 Å². The van der Waals surface area contributed by atoms with E-state index >= 15 is 0 Å². The van der Waals surface area contributed by atoms with E-state index in [1.165, 1.54) is 5.56 Å². The number of hydrogen-bond donors (Lipinski definition) is 1. The highest BCUT2D eigenvalue weighted by atomic mass is 35.5. The number of ether oxygens (including phenoxy) is 1. The molecular weight excluding hydrogens is 416 g/mol. The lowest BCUT2D eigenvalue weighted by Gasteiger charge is -2.33. The first-order chi connectivity index (χ1) is 15.2. The minimum absolute atomic E-state index is 0.0127. The molecule has 1 aliphatic rings. The Morgan fingerprint density at radius 1 is 1.16 bits per heavy atom. The van der Waals surface area contributed by atoms with E-state index in [9.17, 15) is 4.79 Å². The number of aryl methyl sites for hydroxylation is 1. The molecule has 8 heteroatoms. The Bertz CT molecular complexity index is 978. The summed E-state index contributed by atoms with van der Waals surface area (Å²) in [5, 5.41) is 7.57. The SMILES string of the molecule is O=C(CCc1nc(-c2ccc(Cl)cc2)no1)NCC1CN(Cc2ccccc2)CCO1. The van der Waals surface area contributed by atoms with Gasteiger partial charge in [-0.05, 0) is 29.8 Å². The van der Waals surface area contributed by atoms with Crippen LogP contribution in [0.3, 0.4) is 0 Å². The molecule has 0 spiro atoms. The van der Waals surface area contributed by atoms with Gasteiger partial charge in [-0.3, -0.25) is 9.69 Å². The van der Waals surface area contributed by atoms with Gasteiger partial charge in [0.1, 0.15) is 0 Å². The number of carbonyl (C=O) groups is 1. The standard InChI is InChI=1S/C23H25ClN4O3/c24-19-8-6-18(7-9-19)23-26-22(31-27-23)11-10-21(29)25-14-20-16-28(12-13-30-20)15-17-4-2-1-3-5-17/h1-9,20H,10-16H2,(H,25,29). The highest BCUT2D eigenvalue weighted by Crippen LogP contribution is 2.19. The predicted octanol–water partition coefficient (Wildman–Crippen LogP) is 3.34. The Balaban J connectivity index is 1.19. The molecule has 1 N–H and O–H groups in total. The van der Waals surface area contributed by atoms with Gasteiger partial charge in [0, 0.05) is 49.6 Å². The van der Waals surface area contributed by atoms with E-state index in [1.807, 2.05) is 18.2 Å². The van der Waals surface area contributed by atoms with Gasteiger partial charge in [-0.2, -0.15) is 4.98 Å². The third kappa shape index (κ3) is 6.37. The van der Waals surface area contributed by atoms with Gasteiger partial charge in [-0.25, -0.2) is 0 Å². The number of carbonyl (C=O) groups excluding carboxylic acids is 1. The Kier molecular flexibility index (Phi) is 7.30. The highest BCUT2D eigenvalue weighted by molar-refractivity contribution is 6.30. The summed E-state index contributed by atoms with van der Waals surface area (Å²) in [6, 6.07) is 17.6. The van der Waals surface area contributed by atoms with Crippen molar-refractivity contribution in [3.63, 3.8) is 0 Å². The molecule has 0 saturated carbocycles. The minimum atomic E-state index is -0.0602. The van der Waals surface area contributed by atoms with Crippen molar-refractivity contribution >= 4 is 17.5 Å². The van der Waals surface area contributed by atoms with Gasteiger partial charge in [0.25, 0.3) is 0 Å². The van der Waals surface area contributed by atoms with Crippen molar-refractivity contribution in [1.29, 1.82) is 0 Å². The van der Waals surface area contributed by atoms with Gasteiger partial charge in [0.15, 0.2) is 0 Å². The predicted molar refractivity (Wildman–Crippen MR) is 118 cm³/mol. The number of rotatable bonds is 8. The van der Waals surface area contributed by atoms with Crippen LogP contribution in [0.1, 0.15) is 17.9 Å². The highest BCUT2D eigenvalue weighted by Gasteiger charge is 2.21. The second-order valence-corrected chi connectivity index (χ2v) is 7.97. The average molecular weight is 441 g/mol. The fraction of sp³-hybridized carbons (Fsp3) is 0.348. The Morgan fingerprint density at radius 3 is 2.77 bits per heavy atom. The molecule has 1 amide bonds. The summed E-state index contributed by atoms with van der Waals surface area (Å²) in [4.78, 5) is 19.0. The molecule has 7 nitrogen and oxygen atoms in total. The lowest BCUT2D eigenvalue weighted by atomic mass is 10.2. The van der Waals surface area contributed by atoms with Crippen molar-refractivity contribution in [1.82, 2.24) is 20.4 Å². The molecule has 2 heterocycles. The number of aromatic nitrogens is 2. The quantitative estimate of drug-likeness (QED) is 0.578. The molecule has 1 fully saturated rings. The minimum Gasteiger partial charge on any atom is -0.374 e. The zero-order valence-corrected chi connectivity index (χ0v) is 17.9. The number of nitrogens with zero attached hydrogens (tertiary/aromatic N) is 3. The van der Waals surface area contributed by atoms with Crippen molar-refractivity contribution < 1.29 is 14.1 Å². The monoisotopic (exact) mass is 440 g/mol. The number of amides is 1. The number of hydrogen-bond acceptors (Lipinski definition) is 6. The zero-order valence-electron chi connectivity index (χ0n) is 17.2. The number of halogens is 1. The molecule has 1 saturated heterocycles. The molecule has 2 aromatic carbocycles. The van der Waals surface area contributed by atoms with E-state index in [0.717, 1.165) is 25.2 Å². The lowest BCUT2D eigenvalue weighted by molar-refractivity contribution is -0.122. The van der Waals surface area contributed by atoms with E-state index < -0.39 is 0 Å². The normalized spacial score (nSPS) is 16.9. The van der Waals surface area contributed by atoms with Crippen LogP contribution in [-0.2, 0) is 22.5 Å². The summed E-state index contributed by atoms with van der Waals surface area (Å²) in [6.45, 7) is 3.74. The summed E-state index contributed by atoms with van der Waals surface area (Å²) in [7, 11) is 0. The van der Waals surface area contributed by atoms with Gasteiger partial charge >= 0.3 is 0 Å². The van der Waals surface area contributed by atoms with E-state index in [-0.39, 0.29) is 18.4 Å². The Hall–Kier alpha value is -2.74. The first-order valence-electron chi connectivity index (χ1n) is 10.4. The first kappa shape index (κ1) is 21.5. The summed E-state index contributed by atoms with van der Waals surface area (Å²) in [5.74, 6) is 0.860. The molecule has 31 heavy (non-hydrogen) atoms. The van der Waals surface area contributed by atoms with Gasteiger partial charge in [-0.1, -0.05) is 47.1 Å². The topological polar surface area (TPSA) is 80.5 Å². The molecule has 3 aromatic rings. The Labute approximate surface area is 186 Å². The van der Waals surface area contributed by atoms with Gasteiger partial charge < -0.3 is 14.6 Å². The maximum Gasteiger partial charge on any atom is 0.227 e. The number of benzene rings is 2. The molecule has 0 radical (unpaired) electrons. The molecule has 162 valence electrons. The van der Waals surface area contributed by atoms with E-state index in [2.05, 4.69) is 44.6 Å². The van der Waals surface area contributed by atoms with Crippen LogP contribution in [0, 0.1) is 0 Å². The maximum absolute atomic E-state index is 12.3. The maximum atomic E-state index is 12.3. The second-order valence-electron chi connectivity index (χ2n) is 7.54. The van der Waals surface area contributed by atoms with E-state index in [0.29, 0.717) is 36.3 Å². The van der Waals surface area contributed by atoms with Gasteiger partial charge in [-0.15, -0.1) is 0 Å². The first-order valence-corrected chi connectivity index (χ1v) is 10.8. The van der Waals surface area contributed by atoms with Crippen LogP contribution in [0.4, 0.5) is 0 Å². The number of morpholine rings is 1. The van der Waals surface area contributed by atoms with Crippen LogP contribution < -0.4 is 5.32 Å². The van der Waals surface area contributed by atoms with Crippen molar-refractivity contribution in [2.75, 3.05) is 26.2 Å². The molecule has 4 rings (SSSR count). The molecule has 1 aliphatic heterocycles. The molecule has 1 aromatic heterocycles. The summed E-state index contributed by atoms with van der Waals surface area (Å²) in [6.07, 6.45) is 0.655. The second kappa shape index (κ2) is 10.5.